The van der Waals surface area contributed by atoms with Crippen LogP contribution in [0.2, 0.25) is 0 Å². The van der Waals surface area contributed by atoms with Crippen molar-refractivity contribution < 1.29 is 0 Å². The molecule has 0 bridgehead atoms. The molecule has 1 nitrogen and oxygen atoms in total. The maximum absolute atomic E-state index is 3.31. The maximum Gasteiger partial charge on any atom is 0.00746 e. The van der Waals surface area contributed by atoms with Gasteiger partial charge in [0.25, 0.3) is 0 Å². The molecule has 1 heteroatoms. The summed E-state index contributed by atoms with van der Waals surface area (Å²) in [6, 6.07) is 0.799. The molecule has 1 aliphatic carbocycles. The van der Waals surface area contributed by atoms with Crippen LogP contribution in [0, 0.1) is 11.3 Å². The summed E-state index contributed by atoms with van der Waals surface area (Å²) in [5.74, 6) is 0.845. The number of hydrogen-bond acceptors (Lipinski definition) is 1. The highest BCUT2D eigenvalue weighted by Crippen LogP contribution is 2.46. The number of nitrogens with one attached hydrogen (secondary N) is 1. The summed E-state index contributed by atoms with van der Waals surface area (Å²) in [6.07, 6.45) is 2.72. The highest BCUT2D eigenvalue weighted by atomic mass is 14.9. The minimum atomic E-state index is 0.633. The van der Waals surface area contributed by atoms with Crippen molar-refractivity contribution in [3.63, 3.8) is 0 Å². The van der Waals surface area contributed by atoms with E-state index in [9.17, 15) is 0 Å². The van der Waals surface area contributed by atoms with E-state index in [4.69, 9.17) is 0 Å². The van der Waals surface area contributed by atoms with Crippen LogP contribution in [0.3, 0.4) is 0 Å². The fourth-order valence-corrected chi connectivity index (χ4v) is 1.74. The zero-order valence-electron chi connectivity index (χ0n) is 7.57. The van der Waals surface area contributed by atoms with Crippen molar-refractivity contribution >= 4 is 0 Å². The van der Waals surface area contributed by atoms with Gasteiger partial charge in [-0.15, -0.1) is 0 Å². The van der Waals surface area contributed by atoms with E-state index in [1.54, 1.807) is 0 Å². The summed E-state index contributed by atoms with van der Waals surface area (Å²) < 4.78 is 0. The molecule has 1 rings (SSSR count). The largest absolute Gasteiger partial charge is 0.317 e. The van der Waals surface area contributed by atoms with Gasteiger partial charge in [-0.05, 0) is 31.2 Å². The molecule has 0 radical (unpaired) electrons. The Morgan fingerprint density at radius 2 is 1.90 bits per heavy atom. The first-order valence-electron chi connectivity index (χ1n) is 4.26. The molecule has 1 saturated carbocycles. The zero-order chi connectivity index (χ0) is 7.78. The van der Waals surface area contributed by atoms with Gasteiger partial charge in [0.05, 0.1) is 0 Å². The van der Waals surface area contributed by atoms with Crippen LogP contribution in [0.5, 0.6) is 0 Å². The van der Waals surface area contributed by atoms with E-state index in [1.165, 1.54) is 12.8 Å². The molecule has 0 spiro atoms. The van der Waals surface area contributed by atoms with E-state index in [0.29, 0.717) is 5.41 Å². The molecular weight excluding hydrogens is 122 g/mol. The highest BCUT2D eigenvalue weighted by molar-refractivity contribution is 4.95. The summed E-state index contributed by atoms with van der Waals surface area (Å²) in [5.41, 5.74) is 0.633. The lowest BCUT2D eigenvalue weighted by Crippen LogP contribution is -2.48. The second kappa shape index (κ2) is 2.54. The Morgan fingerprint density at radius 3 is 2.20 bits per heavy atom. The van der Waals surface area contributed by atoms with Crippen molar-refractivity contribution in [2.45, 2.75) is 39.7 Å². The molecular formula is C9H19N. The fraction of sp³-hybridized carbons (Fsp3) is 1.00. The smallest absolute Gasteiger partial charge is 0.00746 e. The van der Waals surface area contributed by atoms with E-state index in [0.717, 1.165) is 12.0 Å². The molecule has 0 saturated heterocycles. The van der Waals surface area contributed by atoms with Crippen molar-refractivity contribution in [1.29, 1.82) is 0 Å². The Bertz CT molecular complexity index is 112. The van der Waals surface area contributed by atoms with E-state index in [1.807, 2.05) is 0 Å². The second-order valence-electron chi connectivity index (χ2n) is 4.20. The first-order chi connectivity index (χ1) is 4.58. The molecule has 0 aliphatic heterocycles. The van der Waals surface area contributed by atoms with Crippen molar-refractivity contribution in [2.24, 2.45) is 11.3 Å². The van der Waals surface area contributed by atoms with Gasteiger partial charge in [-0.25, -0.2) is 0 Å². The molecule has 1 N–H and O–H groups in total. The van der Waals surface area contributed by atoms with Crippen molar-refractivity contribution in [2.75, 3.05) is 7.05 Å². The molecule has 0 amide bonds. The lowest BCUT2D eigenvalue weighted by molar-refractivity contribution is 0.0543. The number of hydrogen-bond donors (Lipinski definition) is 1. The van der Waals surface area contributed by atoms with Gasteiger partial charge in [0.1, 0.15) is 0 Å². The van der Waals surface area contributed by atoms with Gasteiger partial charge in [0, 0.05) is 6.04 Å². The second-order valence-corrected chi connectivity index (χ2v) is 4.20. The van der Waals surface area contributed by atoms with Crippen LogP contribution in [-0.4, -0.2) is 13.1 Å². The van der Waals surface area contributed by atoms with Gasteiger partial charge < -0.3 is 5.32 Å². The normalized spacial score (nSPS) is 39.9. The molecule has 0 aromatic heterocycles. The summed E-state index contributed by atoms with van der Waals surface area (Å²) in [4.78, 5) is 0. The standard InChI is InChI=1S/C9H19N/c1-7(2)9(3)5-8(6-9)10-4/h7-8,10H,5-6H2,1-4H3. The Hall–Kier alpha value is -0.0400. The summed E-state index contributed by atoms with van der Waals surface area (Å²) in [7, 11) is 2.06. The SMILES string of the molecule is CNC1CC(C)(C(C)C)C1. The third-order valence-electron chi connectivity index (χ3n) is 3.23. The van der Waals surface area contributed by atoms with E-state index >= 15 is 0 Å². The average Bonchev–Trinajstić information content (AvgIpc) is 1.80. The first-order valence-corrected chi connectivity index (χ1v) is 4.26. The van der Waals surface area contributed by atoms with Gasteiger partial charge in [-0.2, -0.15) is 0 Å². The third kappa shape index (κ3) is 1.20. The van der Waals surface area contributed by atoms with Gasteiger partial charge in [-0.3, -0.25) is 0 Å². The quantitative estimate of drug-likeness (QED) is 0.620. The molecule has 1 fully saturated rings. The molecule has 1 aliphatic rings. The Kier molecular flexibility index (Phi) is 2.04. The van der Waals surface area contributed by atoms with Crippen LogP contribution in [-0.2, 0) is 0 Å². The van der Waals surface area contributed by atoms with E-state index in [-0.39, 0.29) is 0 Å². The van der Waals surface area contributed by atoms with Crippen LogP contribution in [0.25, 0.3) is 0 Å². The minimum Gasteiger partial charge on any atom is -0.317 e. The summed E-state index contributed by atoms with van der Waals surface area (Å²) in [6.45, 7) is 7.04. The Labute approximate surface area is 64.2 Å². The minimum absolute atomic E-state index is 0.633. The van der Waals surface area contributed by atoms with Crippen molar-refractivity contribution in [3.05, 3.63) is 0 Å². The number of rotatable bonds is 2. The first kappa shape index (κ1) is 8.06. The van der Waals surface area contributed by atoms with Crippen LogP contribution in [0.4, 0.5) is 0 Å². The molecule has 10 heavy (non-hydrogen) atoms. The Morgan fingerprint density at radius 1 is 1.40 bits per heavy atom. The zero-order valence-corrected chi connectivity index (χ0v) is 7.57. The summed E-state index contributed by atoms with van der Waals surface area (Å²) in [5, 5.41) is 3.31. The highest BCUT2D eigenvalue weighted by Gasteiger charge is 2.41. The van der Waals surface area contributed by atoms with Crippen LogP contribution >= 0.6 is 0 Å². The molecule has 0 heterocycles. The van der Waals surface area contributed by atoms with Gasteiger partial charge in [-0.1, -0.05) is 20.8 Å². The van der Waals surface area contributed by atoms with Gasteiger partial charge in [0.2, 0.25) is 0 Å². The fourth-order valence-electron chi connectivity index (χ4n) is 1.74. The average molecular weight is 141 g/mol. The van der Waals surface area contributed by atoms with Gasteiger partial charge >= 0.3 is 0 Å². The van der Waals surface area contributed by atoms with Crippen LogP contribution < -0.4 is 5.32 Å². The van der Waals surface area contributed by atoms with E-state index < -0.39 is 0 Å². The molecule has 0 unspecified atom stereocenters. The molecule has 0 aromatic carbocycles. The van der Waals surface area contributed by atoms with Gasteiger partial charge in [0.15, 0.2) is 0 Å². The van der Waals surface area contributed by atoms with Crippen LogP contribution in [0.15, 0.2) is 0 Å². The summed E-state index contributed by atoms with van der Waals surface area (Å²) >= 11 is 0. The van der Waals surface area contributed by atoms with Crippen molar-refractivity contribution in [1.82, 2.24) is 5.32 Å². The molecule has 60 valence electrons. The molecule has 0 atom stereocenters. The van der Waals surface area contributed by atoms with Crippen molar-refractivity contribution in [3.8, 4) is 0 Å². The molecule has 0 aromatic rings. The van der Waals surface area contributed by atoms with E-state index in [2.05, 4.69) is 33.1 Å². The predicted octanol–water partition coefficient (Wildman–Crippen LogP) is 2.03. The third-order valence-corrected chi connectivity index (χ3v) is 3.23. The topological polar surface area (TPSA) is 12.0 Å². The maximum atomic E-state index is 3.31. The van der Waals surface area contributed by atoms with Crippen LogP contribution in [0.1, 0.15) is 33.6 Å². The monoisotopic (exact) mass is 141 g/mol. The Balaban J connectivity index is 2.34. The predicted molar refractivity (Wildman–Crippen MR) is 45.0 cm³/mol. The lowest BCUT2D eigenvalue weighted by atomic mass is 9.61. The lowest BCUT2D eigenvalue weighted by Gasteiger charge is -2.48.